The molecule has 0 aliphatic carbocycles. The topological polar surface area (TPSA) is 41.6 Å². The minimum Gasteiger partial charge on any atom is -0.492 e. The molecule has 0 fully saturated rings. The molecule has 4 nitrogen and oxygen atoms in total. The van der Waals surface area contributed by atoms with Crippen molar-refractivity contribution < 1.29 is 9.53 Å². The molecule has 0 saturated carbocycles. The van der Waals surface area contributed by atoms with Crippen molar-refractivity contribution in [3.63, 3.8) is 0 Å². The lowest BCUT2D eigenvalue weighted by atomic mass is 10.1. The van der Waals surface area contributed by atoms with E-state index in [1.54, 1.807) is 0 Å². The number of aryl methyl sites for hydroxylation is 2. The number of carbonyl (C=O) groups excluding carboxylic acids is 1. The normalized spacial score (nSPS) is 10.6. The van der Waals surface area contributed by atoms with Crippen LogP contribution in [0.4, 0.5) is 5.69 Å². The van der Waals surface area contributed by atoms with Gasteiger partial charge >= 0.3 is 0 Å². The molecule has 1 amide bonds. The fourth-order valence-corrected chi connectivity index (χ4v) is 2.41. The molecule has 0 radical (unpaired) electrons. The van der Waals surface area contributed by atoms with Gasteiger partial charge in [-0.2, -0.15) is 0 Å². The summed E-state index contributed by atoms with van der Waals surface area (Å²) in [7, 11) is 1.91. The highest BCUT2D eigenvalue weighted by atomic mass is 16.5. The molecular weight excluding hydrogens is 288 g/mol. The second-order valence-electron chi connectivity index (χ2n) is 5.82. The largest absolute Gasteiger partial charge is 0.492 e. The molecule has 2 rings (SSSR count). The molecular formula is C19H24N2O2. The maximum absolute atomic E-state index is 12.1. The molecule has 0 aliphatic heterocycles. The zero-order valence-corrected chi connectivity index (χ0v) is 14.0. The number of nitrogens with zero attached hydrogens (tertiary/aromatic N) is 1. The third kappa shape index (κ3) is 6.12. The molecule has 2 aromatic rings. The van der Waals surface area contributed by atoms with Crippen molar-refractivity contribution in [1.82, 2.24) is 4.90 Å². The van der Waals surface area contributed by atoms with E-state index in [0.717, 1.165) is 22.6 Å². The van der Waals surface area contributed by atoms with Crippen LogP contribution < -0.4 is 10.1 Å². The minimum atomic E-state index is -0.0165. The Hall–Kier alpha value is -2.33. The van der Waals surface area contributed by atoms with Crippen LogP contribution in [0.25, 0.3) is 0 Å². The standard InChI is InChI=1S/C19H24N2O2/c1-15-11-16(2)13-17(12-15)20-19(22)14-21(3)9-10-23-18-7-5-4-6-8-18/h4-8,11-13H,9-10,14H2,1-3H3,(H,20,22). The van der Waals surface area contributed by atoms with Gasteiger partial charge in [-0.05, 0) is 56.3 Å². The first kappa shape index (κ1) is 17.0. The summed E-state index contributed by atoms with van der Waals surface area (Å²) in [5.74, 6) is 0.831. The monoisotopic (exact) mass is 312 g/mol. The van der Waals surface area contributed by atoms with Gasteiger partial charge in [0.15, 0.2) is 0 Å². The van der Waals surface area contributed by atoms with E-state index >= 15 is 0 Å². The number of likely N-dealkylation sites (N-methyl/N-ethyl adjacent to an activating group) is 1. The first-order chi connectivity index (χ1) is 11.0. The molecule has 0 saturated heterocycles. The van der Waals surface area contributed by atoms with Gasteiger partial charge in [0.05, 0.1) is 6.54 Å². The van der Waals surface area contributed by atoms with Crippen LogP contribution in [-0.4, -0.2) is 37.6 Å². The Morgan fingerprint density at radius 3 is 2.39 bits per heavy atom. The smallest absolute Gasteiger partial charge is 0.238 e. The predicted octanol–water partition coefficient (Wildman–Crippen LogP) is 3.25. The van der Waals surface area contributed by atoms with Crippen molar-refractivity contribution in [3.8, 4) is 5.75 Å². The summed E-state index contributed by atoms with van der Waals surface area (Å²) in [6, 6.07) is 15.7. The molecule has 0 heterocycles. The zero-order chi connectivity index (χ0) is 16.7. The number of carbonyl (C=O) groups is 1. The molecule has 0 atom stereocenters. The van der Waals surface area contributed by atoms with Crippen molar-refractivity contribution in [1.29, 1.82) is 0 Å². The van der Waals surface area contributed by atoms with Gasteiger partial charge in [-0.25, -0.2) is 0 Å². The van der Waals surface area contributed by atoms with Crippen LogP contribution in [0.5, 0.6) is 5.75 Å². The molecule has 0 aromatic heterocycles. The highest BCUT2D eigenvalue weighted by Crippen LogP contribution is 2.13. The molecule has 0 bridgehead atoms. The van der Waals surface area contributed by atoms with Gasteiger partial charge in [-0.1, -0.05) is 24.3 Å². The summed E-state index contributed by atoms with van der Waals surface area (Å²) in [5, 5.41) is 2.94. The summed E-state index contributed by atoms with van der Waals surface area (Å²) in [6.07, 6.45) is 0. The van der Waals surface area contributed by atoms with Crippen molar-refractivity contribution in [2.24, 2.45) is 0 Å². The van der Waals surface area contributed by atoms with Gasteiger partial charge in [-0.3, -0.25) is 9.69 Å². The van der Waals surface area contributed by atoms with Gasteiger partial charge in [-0.15, -0.1) is 0 Å². The Morgan fingerprint density at radius 2 is 1.74 bits per heavy atom. The maximum atomic E-state index is 12.1. The Labute approximate surface area is 138 Å². The van der Waals surface area contributed by atoms with Gasteiger partial charge in [0, 0.05) is 12.2 Å². The van der Waals surface area contributed by atoms with E-state index in [9.17, 15) is 4.79 Å². The van der Waals surface area contributed by atoms with E-state index in [-0.39, 0.29) is 5.91 Å². The van der Waals surface area contributed by atoms with Crippen LogP contribution in [0.2, 0.25) is 0 Å². The lowest BCUT2D eigenvalue weighted by Crippen LogP contribution is -2.33. The van der Waals surface area contributed by atoms with Crippen molar-refractivity contribution in [3.05, 3.63) is 59.7 Å². The predicted molar refractivity (Wildman–Crippen MR) is 94.0 cm³/mol. The first-order valence-electron chi connectivity index (χ1n) is 7.77. The first-order valence-corrected chi connectivity index (χ1v) is 7.77. The van der Waals surface area contributed by atoms with Gasteiger partial charge in [0.2, 0.25) is 5.91 Å². The average molecular weight is 312 g/mol. The summed E-state index contributed by atoms with van der Waals surface area (Å²) in [5.41, 5.74) is 3.14. The van der Waals surface area contributed by atoms with Crippen LogP contribution in [0, 0.1) is 13.8 Å². The number of benzene rings is 2. The van der Waals surface area contributed by atoms with Crippen LogP contribution >= 0.6 is 0 Å². The Balaban J connectivity index is 1.74. The summed E-state index contributed by atoms with van der Waals surface area (Å²) in [6.45, 7) is 5.63. The molecule has 4 heteroatoms. The molecule has 1 N–H and O–H groups in total. The number of hydrogen-bond acceptors (Lipinski definition) is 3. The quantitative estimate of drug-likeness (QED) is 0.853. The van der Waals surface area contributed by atoms with Crippen LogP contribution in [0.3, 0.4) is 0 Å². The van der Waals surface area contributed by atoms with E-state index in [0.29, 0.717) is 19.7 Å². The van der Waals surface area contributed by atoms with Crippen molar-refractivity contribution in [2.45, 2.75) is 13.8 Å². The third-order valence-electron chi connectivity index (χ3n) is 3.40. The van der Waals surface area contributed by atoms with Crippen molar-refractivity contribution >= 4 is 11.6 Å². The van der Waals surface area contributed by atoms with E-state index in [2.05, 4.69) is 11.4 Å². The van der Waals surface area contributed by atoms with E-state index < -0.39 is 0 Å². The fraction of sp³-hybridized carbons (Fsp3) is 0.316. The molecule has 23 heavy (non-hydrogen) atoms. The number of para-hydroxylation sites is 1. The second kappa shape index (κ2) is 8.34. The van der Waals surface area contributed by atoms with E-state index in [4.69, 9.17) is 4.74 Å². The lowest BCUT2D eigenvalue weighted by molar-refractivity contribution is -0.117. The lowest BCUT2D eigenvalue weighted by Gasteiger charge is -2.17. The van der Waals surface area contributed by atoms with E-state index in [1.165, 1.54) is 0 Å². The van der Waals surface area contributed by atoms with Gasteiger partial charge in [0.25, 0.3) is 0 Å². The van der Waals surface area contributed by atoms with E-state index in [1.807, 2.05) is 68.3 Å². The summed E-state index contributed by atoms with van der Waals surface area (Å²) < 4.78 is 5.63. The van der Waals surface area contributed by atoms with Gasteiger partial charge < -0.3 is 10.1 Å². The number of ether oxygens (including phenoxy) is 1. The summed E-state index contributed by atoms with van der Waals surface area (Å²) in [4.78, 5) is 14.0. The minimum absolute atomic E-state index is 0.0165. The molecule has 2 aromatic carbocycles. The highest BCUT2D eigenvalue weighted by Gasteiger charge is 2.07. The number of amides is 1. The molecule has 0 unspecified atom stereocenters. The SMILES string of the molecule is Cc1cc(C)cc(NC(=O)CN(C)CCOc2ccccc2)c1. The number of rotatable bonds is 7. The van der Waals surface area contributed by atoms with Crippen molar-refractivity contribution in [2.75, 3.05) is 32.1 Å². The fourth-order valence-electron chi connectivity index (χ4n) is 2.41. The third-order valence-corrected chi connectivity index (χ3v) is 3.40. The number of hydrogen-bond donors (Lipinski definition) is 1. The van der Waals surface area contributed by atoms with Crippen LogP contribution in [0.1, 0.15) is 11.1 Å². The molecule has 0 spiro atoms. The molecule has 0 aliphatic rings. The zero-order valence-electron chi connectivity index (χ0n) is 14.0. The van der Waals surface area contributed by atoms with Crippen LogP contribution in [0.15, 0.2) is 48.5 Å². The Kier molecular flexibility index (Phi) is 6.18. The van der Waals surface area contributed by atoms with Gasteiger partial charge in [0.1, 0.15) is 12.4 Å². The highest BCUT2D eigenvalue weighted by molar-refractivity contribution is 5.92. The average Bonchev–Trinajstić information content (AvgIpc) is 2.47. The summed E-state index contributed by atoms with van der Waals surface area (Å²) >= 11 is 0. The number of anilines is 1. The van der Waals surface area contributed by atoms with Crippen LogP contribution in [-0.2, 0) is 4.79 Å². The maximum Gasteiger partial charge on any atom is 0.238 e. The molecule has 122 valence electrons. The Bertz CT molecular complexity index is 621. The Morgan fingerprint density at radius 1 is 1.09 bits per heavy atom. The second-order valence-corrected chi connectivity index (χ2v) is 5.82. The number of nitrogens with one attached hydrogen (secondary N) is 1.